The first kappa shape index (κ1) is 13.6. The summed E-state index contributed by atoms with van der Waals surface area (Å²) in [5.41, 5.74) is 7.72. The summed E-state index contributed by atoms with van der Waals surface area (Å²) >= 11 is 6.15. The second kappa shape index (κ2) is 5.18. The zero-order valence-electron chi connectivity index (χ0n) is 10.7. The average molecular weight is 306 g/mol. The molecule has 21 heavy (non-hydrogen) atoms. The van der Waals surface area contributed by atoms with Crippen LogP contribution in [0, 0.1) is 11.6 Å². The summed E-state index contributed by atoms with van der Waals surface area (Å²) in [4.78, 5) is 0. The van der Waals surface area contributed by atoms with Gasteiger partial charge < -0.3 is 5.73 Å². The van der Waals surface area contributed by atoms with Gasteiger partial charge in [-0.25, -0.2) is 8.78 Å². The van der Waals surface area contributed by atoms with E-state index in [-0.39, 0.29) is 5.82 Å². The first-order chi connectivity index (χ1) is 10.1. The second-order valence-corrected chi connectivity index (χ2v) is 4.90. The Morgan fingerprint density at radius 1 is 1.05 bits per heavy atom. The molecule has 1 heterocycles. The molecule has 3 N–H and O–H groups in total. The van der Waals surface area contributed by atoms with Gasteiger partial charge in [-0.2, -0.15) is 5.10 Å². The van der Waals surface area contributed by atoms with Gasteiger partial charge in [-0.3, -0.25) is 5.10 Å². The highest BCUT2D eigenvalue weighted by Crippen LogP contribution is 2.37. The van der Waals surface area contributed by atoms with E-state index < -0.39 is 11.6 Å². The normalized spacial score (nSPS) is 10.8. The number of benzene rings is 2. The Labute approximate surface area is 124 Å². The lowest BCUT2D eigenvalue weighted by atomic mass is 10.0. The van der Waals surface area contributed by atoms with Gasteiger partial charge in [0.1, 0.15) is 11.6 Å². The summed E-state index contributed by atoms with van der Waals surface area (Å²) in [7, 11) is 0. The van der Waals surface area contributed by atoms with Gasteiger partial charge >= 0.3 is 0 Å². The molecule has 0 aliphatic carbocycles. The number of rotatable bonds is 2. The Bertz CT molecular complexity index is 794. The molecule has 106 valence electrons. The summed E-state index contributed by atoms with van der Waals surface area (Å²) in [6.07, 6.45) is 0. The molecule has 0 fully saturated rings. The van der Waals surface area contributed by atoms with Crippen LogP contribution in [0.1, 0.15) is 0 Å². The van der Waals surface area contributed by atoms with Gasteiger partial charge in [0, 0.05) is 16.7 Å². The lowest BCUT2D eigenvalue weighted by Gasteiger charge is -2.07. The molecule has 3 aromatic rings. The highest BCUT2D eigenvalue weighted by Gasteiger charge is 2.17. The van der Waals surface area contributed by atoms with Crippen molar-refractivity contribution < 1.29 is 8.78 Å². The van der Waals surface area contributed by atoms with Gasteiger partial charge in [-0.1, -0.05) is 29.8 Å². The number of halogens is 3. The number of aromatic amines is 1. The Morgan fingerprint density at radius 3 is 2.38 bits per heavy atom. The number of hydrogen-bond donors (Lipinski definition) is 2. The van der Waals surface area contributed by atoms with E-state index in [1.807, 2.05) is 0 Å². The fourth-order valence-corrected chi connectivity index (χ4v) is 2.44. The van der Waals surface area contributed by atoms with Gasteiger partial charge in [-0.05, 0) is 23.8 Å². The summed E-state index contributed by atoms with van der Waals surface area (Å²) in [5, 5.41) is 7.17. The van der Waals surface area contributed by atoms with Crippen molar-refractivity contribution in [3.63, 3.8) is 0 Å². The van der Waals surface area contributed by atoms with Crippen molar-refractivity contribution in [3.8, 4) is 22.4 Å². The molecule has 0 atom stereocenters. The number of aromatic nitrogens is 2. The third-order valence-corrected chi connectivity index (χ3v) is 3.42. The largest absolute Gasteiger partial charge is 0.382 e. The van der Waals surface area contributed by atoms with E-state index >= 15 is 0 Å². The van der Waals surface area contributed by atoms with E-state index in [2.05, 4.69) is 10.2 Å². The number of nitrogen functional groups attached to an aromatic ring is 1. The SMILES string of the molecule is Nc1n[nH]c(-c2ccccc2Cl)c1-c1cc(F)cc(F)c1. The van der Waals surface area contributed by atoms with Gasteiger partial charge in [0.2, 0.25) is 0 Å². The standard InChI is InChI=1S/C15H10ClF2N3/c16-12-4-2-1-3-11(12)14-13(15(19)21-20-14)8-5-9(17)7-10(18)6-8/h1-7H,(H3,19,20,21). The van der Waals surface area contributed by atoms with Crippen molar-refractivity contribution in [2.75, 3.05) is 5.73 Å². The minimum Gasteiger partial charge on any atom is -0.382 e. The van der Waals surface area contributed by atoms with E-state index in [1.165, 1.54) is 12.1 Å². The quantitative estimate of drug-likeness (QED) is 0.743. The first-order valence-electron chi connectivity index (χ1n) is 6.11. The van der Waals surface area contributed by atoms with Crippen LogP contribution in [0.5, 0.6) is 0 Å². The fraction of sp³-hybridized carbons (Fsp3) is 0. The van der Waals surface area contributed by atoms with Crippen LogP contribution in [0.4, 0.5) is 14.6 Å². The van der Waals surface area contributed by atoms with Crippen LogP contribution in [-0.4, -0.2) is 10.2 Å². The topological polar surface area (TPSA) is 54.7 Å². The van der Waals surface area contributed by atoms with Crippen LogP contribution in [0.3, 0.4) is 0 Å². The highest BCUT2D eigenvalue weighted by atomic mass is 35.5. The number of anilines is 1. The van der Waals surface area contributed by atoms with E-state index in [0.29, 0.717) is 27.4 Å². The van der Waals surface area contributed by atoms with Crippen LogP contribution in [0.15, 0.2) is 42.5 Å². The van der Waals surface area contributed by atoms with Crippen molar-refractivity contribution in [1.82, 2.24) is 10.2 Å². The van der Waals surface area contributed by atoms with Crippen molar-refractivity contribution in [3.05, 3.63) is 59.1 Å². The predicted molar refractivity (Wildman–Crippen MR) is 78.8 cm³/mol. The zero-order chi connectivity index (χ0) is 15.0. The second-order valence-electron chi connectivity index (χ2n) is 4.50. The Kier molecular flexibility index (Phi) is 3.35. The summed E-state index contributed by atoms with van der Waals surface area (Å²) in [5.74, 6) is -1.22. The Balaban J connectivity index is 2.25. The van der Waals surface area contributed by atoms with Crippen LogP contribution in [-0.2, 0) is 0 Å². The molecule has 0 spiro atoms. The molecule has 2 aromatic carbocycles. The maximum Gasteiger partial charge on any atom is 0.153 e. The predicted octanol–water partition coefficient (Wildman–Crippen LogP) is 4.26. The molecule has 0 bridgehead atoms. The third-order valence-electron chi connectivity index (χ3n) is 3.09. The minimum atomic E-state index is -0.685. The van der Waals surface area contributed by atoms with Gasteiger partial charge in [0.05, 0.1) is 11.3 Å². The maximum atomic E-state index is 13.4. The summed E-state index contributed by atoms with van der Waals surface area (Å²) in [6.45, 7) is 0. The molecule has 6 heteroatoms. The van der Waals surface area contributed by atoms with E-state index in [0.717, 1.165) is 6.07 Å². The molecular formula is C15H10ClF2N3. The zero-order valence-corrected chi connectivity index (χ0v) is 11.5. The Morgan fingerprint density at radius 2 is 1.71 bits per heavy atom. The third kappa shape index (κ3) is 2.48. The molecule has 0 aliphatic heterocycles. The molecule has 3 rings (SSSR count). The molecular weight excluding hydrogens is 296 g/mol. The van der Waals surface area contributed by atoms with Crippen molar-refractivity contribution in [2.45, 2.75) is 0 Å². The minimum absolute atomic E-state index is 0.148. The van der Waals surface area contributed by atoms with Gasteiger partial charge in [-0.15, -0.1) is 0 Å². The average Bonchev–Trinajstić information content (AvgIpc) is 2.80. The molecule has 0 saturated carbocycles. The molecule has 0 aliphatic rings. The fourth-order valence-electron chi connectivity index (χ4n) is 2.21. The number of H-pyrrole nitrogens is 1. The van der Waals surface area contributed by atoms with E-state index in [1.54, 1.807) is 24.3 Å². The highest BCUT2D eigenvalue weighted by molar-refractivity contribution is 6.33. The summed E-state index contributed by atoms with van der Waals surface area (Å²) < 4.78 is 26.9. The van der Waals surface area contributed by atoms with Crippen LogP contribution in [0.2, 0.25) is 5.02 Å². The molecule has 0 radical (unpaired) electrons. The lowest BCUT2D eigenvalue weighted by molar-refractivity contribution is 0.584. The maximum absolute atomic E-state index is 13.4. The smallest absolute Gasteiger partial charge is 0.153 e. The van der Waals surface area contributed by atoms with Crippen LogP contribution >= 0.6 is 11.6 Å². The number of hydrogen-bond acceptors (Lipinski definition) is 2. The number of nitrogens with one attached hydrogen (secondary N) is 1. The molecule has 0 unspecified atom stereocenters. The Hall–Kier alpha value is -2.40. The van der Waals surface area contributed by atoms with E-state index in [4.69, 9.17) is 17.3 Å². The van der Waals surface area contributed by atoms with Gasteiger partial charge in [0.25, 0.3) is 0 Å². The van der Waals surface area contributed by atoms with Crippen molar-refractivity contribution in [1.29, 1.82) is 0 Å². The monoisotopic (exact) mass is 305 g/mol. The van der Waals surface area contributed by atoms with Gasteiger partial charge in [0.15, 0.2) is 5.82 Å². The summed E-state index contributed by atoms with van der Waals surface area (Å²) in [6, 6.07) is 10.3. The van der Waals surface area contributed by atoms with Crippen molar-refractivity contribution in [2.24, 2.45) is 0 Å². The number of nitrogens with two attached hydrogens (primary N) is 1. The first-order valence-corrected chi connectivity index (χ1v) is 6.49. The molecule has 3 nitrogen and oxygen atoms in total. The molecule has 0 amide bonds. The van der Waals surface area contributed by atoms with Crippen LogP contribution in [0.25, 0.3) is 22.4 Å². The van der Waals surface area contributed by atoms with Crippen molar-refractivity contribution >= 4 is 17.4 Å². The van der Waals surface area contributed by atoms with E-state index in [9.17, 15) is 8.78 Å². The molecule has 0 saturated heterocycles. The molecule has 1 aromatic heterocycles. The number of nitrogens with zero attached hydrogens (tertiary/aromatic N) is 1. The van der Waals surface area contributed by atoms with Crippen LogP contribution < -0.4 is 5.73 Å². The lowest BCUT2D eigenvalue weighted by Crippen LogP contribution is -1.91.